The molecule has 0 aliphatic heterocycles. The third-order valence-electron chi connectivity index (χ3n) is 3.68. The zero-order valence-electron chi connectivity index (χ0n) is 15.0. The fourth-order valence-corrected chi connectivity index (χ4v) is 2.19. The minimum atomic E-state index is -0.809. The molecule has 0 aromatic heterocycles. The Bertz CT molecular complexity index is 421. The van der Waals surface area contributed by atoms with Gasteiger partial charge in [0.2, 0.25) is 0 Å². The molecule has 0 aromatic rings. The predicted molar refractivity (Wildman–Crippen MR) is 96.9 cm³/mol. The fraction of sp³-hybridized carbons (Fsp3) is 0.600. The summed E-state index contributed by atoms with van der Waals surface area (Å²) in [7, 11) is 0. The Morgan fingerprint density at radius 2 is 1.73 bits per heavy atom. The smallest absolute Gasteiger partial charge is 0.0800 e. The Hall–Kier alpha value is -1.12. The molecule has 0 saturated heterocycles. The Kier molecular flexibility index (Phi) is 10.0. The molecule has 0 aliphatic carbocycles. The van der Waals surface area contributed by atoms with E-state index in [4.69, 9.17) is 0 Å². The van der Waals surface area contributed by atoms with Crippen molar-refractivity contribution >= 4 is 0 Å². The van der Waals surface area contributed by atoms with E-state index in [0.717, 1.165) is 24.8 Å². The van der Waals surface area contributed by atoms with Crippen LogP contribution in [0.25, 0.3) is 0 Å². The highest BCUT2D eigenvalue weighted by Crippen LogP contribution is 2.16. The van der Waals surface area contributed by atoms with E-state index < -0.39 is 11.7 Å². The summed E-state index contributed by atoms with van der Waals surface area (Å²) in [5, 5.41) is 20.0. The van der Waals surface area contributed by atoms with Crippen molar-refractivity contribution in [3.8, 4) is 0 Å². The van der Waals surface area contributed by atoms with Gasteiger partial charge in [-0.05, 0) is 66.7 Å². The molecular weight excluding hydrogens is 272 g/mol. The monoisotopic (exact) mass is 306 g/mol. The first-order valence-corrected chi connectivity index (χ1v) is 8.16. The summed E-state index contributed by atoms with van der Waals surface area (Å²) in [6.45, 7) is 13.7. The number of hydrogen-bond acceptors (Lipinski definition) is 2. The van der Waals surface area contributed by atoms with Crippen molar-refractivity contribution in [1.82, 2.24) is 0 Å². The lowest BCUT2D eigenvalue weighted by Gasteiger charge is -2.17. The van der Waals surface area contributed by atoms with Crippen LogP contribution >= 0.6 is 0 Å². The van der Waals surface area contributed by atoms with Crippen LogP contribution in [-0.2, 0) is 0 Å². The van der Waals surface area contributed by atoms with Crippen LogP contribution in [0.4, 0.5) is 0 Å². The van der Waals surface area contributed by atoms with Crippen LogP contribution in [-0.4, -0.2) is 21.9 Å². The maximum Gasteiger partial charge on any atom is 0.0800 e. The van der Waals surface area contributed by atoms with Crippen LogP contribution in [0.2, 0.25) is 0 Å². The van der Waals surface area contributed by atoms with Crippen molar-refractivity contribution in [3.05, 3.63) is 47.6 Å². The van der Waals surface area contributed by atoms with E-state index in [1.807, 2.05) is 13.0 Å². The molecule has 2 heteroatoms. The van der Waals surface area contributed by atoms with Crippen molar-refractivity contribution in [2.45, 2.75) is 78.4 Å². The molecule has 0 aliphatic rings. The molecule has 0 spiro atoms. The normalized spacial score (nSPS) is 16.9. The number of rotatable bonds is 10. The van der Waals surface area contributed by atoms with Crippen LogP contribution in [0.3, 0.4) is 0 Å². The number of allylic oxidation sites excluding steroid dienone is 4. The third-order valence-corrected chi connectivity index (χ3v) is 3.68. The van der Waals surface area contributed by atoms with E-state index in [9.17, 15) is 10.2 Å². The SMILES string of the molecule is C=C[C@@](C)(O)CC/C=C(\C)C[C@@H](O)/C=C(\C)CCC=C(C)C. The lowest BCUT2D eigenvalue weighted by Crippen LogP contribution is -2.19. The summed E-state index contributed by atoms with van der Waals surface area (Å²) in [5.74, 6) is 0. The number of hydrogen-bond donors (Lipinski definition) is 2. The Morgan fingerprint density at radius 1 is 1.09 bits per heavy atom. The van der Waals surface area contributed by atoms with Crippen molar-refractivity contribution in [2.24, 2.45) is 0 Å². The van der Waals surface area contributed by atoms with Crippen molar-refractivity contribution < 1.29 is 10.2 Å². The predicted octanol–water partition coefficient (Wildman–Crippen LogP) is 5.09. The molecule has 22 heavy (non-hydrogen) atoms. The summed E-state index contributed by atoms with van der Waals surface area (Å²) >= 11 is 0. The van der Waals surface area contributed by atoms with Gasteiger partial charge in [0.15, 0.2) is 0 Å². The minimum absolute atomic E-state index is 0.428. The van der Waals surface area contributed by atoms with Gasteiger partial charge in [0.05, 0.1) is 11.7 Å². The van der Waals surface area contributed by atoms with E-state index >= 15 is 0 Å². The molecule has 2 atom stereocenters. The van der Waals surface area contributed by atoms with Crippen LogP contribution in [0.1, 0.15) is 66.7 Å². The summed E-state index contributed by atoms with van der Waals surface area (Å²) < 4.78 is 0. The molecule has 0 aromatic carbocycles. The highest BCUT2D eigenvalue weighted by atomic mass is 16.3. The van der Waals surface area contributed by atoms with Gasteiger partial charge in [0.25, 0.3) is 0 Å². The molecule has 2 N–H and O–H groups in total. The van der Waals surface area contributed by atoms with E-state index in [1.54, 1.807) is 13.0 Å². The molecule has 0 heterocycles. The largest absolute Gasteiger partial charge is 0.389 e. The summed E-state index contributed by atoms with van der Waals surface area (Å²) in [4.78, 5) is 0. The van der Waals surface area contributed by atoms with Crippen molar-refractivity contribution in [1.29, 1.82) is 0 Å². The molecule has 2 nitrogen and oxygen atoms in total. The zero-order chi connectivity index (χ0) is 17.2. The van der Waals surface area contributed by atoms with E-state index in [0.29, 0.717) is 12.8 Å². The maximum atomic E-state index is 10.1. The Balaban J connectivity index is 4.25. The van der Waals surface area contributed by atoms with Crippen LogP contribution in [0.15, 0.2) is 47.6 Å². The average molecular weight is 306 g/mol. The minimum Gasteiger partial charge on any atom is -0.389 e. The van der Waals surface area contributed by atoms with Gasteiger partial charge in [-0.2, -0.15) is 0 Å². The van der Waals surface area contributed by atoms with E-state index in [2.05, 4.69) is 39.5 Å². The first-order chi connectivity index (χ1) is 10.2. The molecule has 0 rings (SSSR count). The van der Waals surface area contributed by atoms with Crippen molar-refractivity contribution in [3.63, 3.8) is 0 Å². The topological polar surface area (TPSA) is 40.5 Å². The molecule has 0 bridgehead atoms. The molecule has 0 saturated carbocycles. The first-order valence-electron chi connectivity index (χ1n) is 8.16. The lowest BCUT2D eigenvalue weighted by atomic mass is 9.98. The fourth-order valence-electron chi connectivity index (χ4n) is 2.19. The molecule has 0 unspecified atom stereocenters. The van der Waals surface area contributed by atoms with Crippen LogP contribution in [0.5, 0.6) is 0 Å². The quantitative estimate of drug-likeness (QED) is 0.552. The summed E-state index contributed by atoms with van der Waals surface area (Å²) in [6.07, 6.45) is 11.5. The first kappa shape index (κ1) is 20.9. The van der Waals surface area contributed by atoms with E-state index in [-0.39, 0.29) is 0 Å². The highest BCUT2D eigenvalue weighted by molar-refractivity contribution is 5.09. The lowest BCUT2D eigenvalue weighted by molar-refractivity contribution is 0.103. The molecule has 0 amide bonds. The summed E-state index contributed by atoms with van der Waals surface area (Å²) in [6, 6.07) is 0. The van der Waals surface area contributed by atoms with Gasteiger partial charge in [0.1, 0.15) is 0 Å². The number of aliphatic hydroxyl groups is 2. The second kappa shape index (κ2) is 10.6. The van der Waals surface area contributed by atoms with Crippen LogP contribution in [0, 0.1) is 0 Å². The molecule has 0 radical (unpaired) electrons. The van der Waals surface area contributed by atoms with Gasteiger partial charge >= 0.3 is 0 Å². The standard InChI is InChI=1S/C20H34O2/c1-7-20(6,22)13-9-12-18(5)15-19(21)14-17(4)11-8-10-16(2)3/h7,10,12,14,19,21-22H,1,8-9,11,13,15H2,2-6H3/b17-14+,18-12+/t19-,20+/m0/s1. The molecular formula is C20H34O2. The average Bonchev–Trinajstić information content (AvgIpc) is 2.37. The van der Waals surface area contributed by atoms with Gasteiger partial charge in [-0.25, -0.2) is 0 Å². The Labute approximate surface area is 137 Å². The molecule has 126 valence electrons. The van der Waals surface area contributed by atoms with Gasteiger partial charge in [-0.1, -0.05) is 41.0 Å². The molecule has 0 fully saturated rings. The zero-order valence-corrected chi connectivity index (χ0v) is 15.0. The van der Waals surface area contributed by atoms with Gasteiger partial charge in [0, 0.05) is 0 Å². The third kappa shape index (κ3) is 11.5. The van der Waals surface area contributed by atoms with Gasteiger partial charge < -0.3 is 10.2 Å². The summed E-state index contributed by atoms with van der Waals surface area (Å²) in [5.41, 5.74) is 2.91. The highest BCUT2D eigenvalue weighted by Gasteiger charge is 2.13. The van der Waals surface area contributed by atoms with E-state index in [1.165, 1.54) is 11.1 Å². The van der Waals surface area contributed by atoms with Crippen molar-refractivity contribution in [2.75, 3.05) is 0 Å². The van der Waals surface area contributed by atoms with Gasteiger partial charge in [-0.15, -0.1) is 6.58 Å². The number of aliphatic hydroxyl groups excluding tert-OH is 1. The second-order valence-corrected chi connectivity index (χ2v) is 6.76. The second-order valence-electron chi connectivity index (χ2n) is 6.76. The maximum absolute atomic E-state index is 10.1. The van der Waals surface area contributed by atoms with Crippen LogP contribution < -0.4 is 0 Å². The Morgan fingerprint density at radius 3 is 2.27 bits per heavy atom. The van der Waals surface area contributed by atoms with Gasteiger partial charge in [-0.3, -0.25) is 0 Å².